The van der Waals surface area contributed by atoms with Gasteiger partial charge in [-0.1, -0.05) is 11.6 Å². The number of hydrogen-bond donors (Lipinski definition) is 4. The molecule has 4 aliphatic heterocycles. The van der Waals surface area contributed by atoms with Crippen molar-refractivity contribution in [3.63, 3.8) is 0 Å². The second-order valence-electron chi connectivity index (χ2n) is 15.3. The number of rotatable bonds is 4. The number of fused-ring (bicyclic) bond motifs is 8. The maximum Gasteiger partial charge on any atom is 0.488 e. The fraction of sp³-hybridized carbons (Fsp3) is 0.286. The van der Waals surface area contributed by atoms with Crippen molar-refractivity contribution in [1.29, 1.82) is 0 Å². The van der Waals surface area contributed by atoms with Crippen LogP contribution in [0, 0.1) is 27.7 Å². The molecule has 0 saturated carbocycles. The number of anilines is 6. The Hall–Kier alpha value is -6.83. The lowest BCUT2D eigenvalue weighted by atomic mass is 9.78. The number of amides is 4. The van der Waals surface area contributed by atoms with Crippen molar-refractivity contribution in [3.05, 3.63) is 114 Å². The highest BCUT2D eigenvalue weighted by Gasteiger charge is 2.42. The number of nitrogens with zero attached hydrogens (tertiary/aromatic N) is 12. The summed E-state index contributed by atoms with van der Waals surface area (Å²) in [6.07, 6.45) is 14.6. The molecule has 62 heavy (non-hydrogen) atoms. The quantitative estimate of drug-likeness (QED) is 0.140. The minimum absolute atomic E-state index is 0.0854. The van der Waals surface area contributed by atoms with Gasteiger partial charge >= 0.3 is 19.2 Å². The summed E-state index contributed by atoms with van der Waals surface area (Å²) in [6, 6.07) is 11.1. The van der Waals surface area contributed by atoms with Crippen LogP contribution in [0.3, 0.4) is 0 Å². The van der Waals surface area contributed by atoms with E-state index in [0.29, 0.717) is 33.9 Å². The van der Waals surface area contributed by atoms with Gasteiger partial charge in [-0.25, -0.2) is 29.5 Å². The zero-order chi connectivity index (χ0) is 43.5. The van der Waals surface area contributed by atoms with E-state index in [1.807, 2.05) is 45.2 Å². The molecule has 6 aromatic heterocycles. The number of carbonyl (C=O) groups excluding carboxylic acids is 2. The molecule has 10 heterocycles. The summed E-state index contributed by atoms with van der Waals surface area (Å²) in [5.41, 5.74) is 7.90. The maximum atomic E-state index is 13.2. The van der Waals surface area contributed by atoms with Gasteiger partial charge in [-0.2, -0.15) is 0 Å². The third-order valence-electron chi connectivity index (χ3n) is 11.0. The number of halogens is 1. The summed E-state index contributed by atoms with van der Waals surface area (Å²) in [5.74, 6) is 2.13. The van der Waals surface area contributed by atoms with E-state index in [0.717, 1.165) is 84.2 Å². The van der Waals surface area contributed by atoms with Gasteiger partial charge in [0.2, 0.25) is 0 Å². The summed E-state index contributed by atoms with van der Waals surface area (Å²) in [6.45, 7) is 11.0. The Labute approximate surface area is 363 Å². The molecule has 0 spiro atoms. The van der Waals surface area contributed by atoms with E-state index < -0.39 is 7.12 Å². The number of urea groups is 2. The molecule has 0 aliphatic carbocycles. The van der Waals surface area contributed by atoms with E-state index in [4.69, 9.17) is 26.6 Å². The van der Waals surface area contributed by atoms with Crippen LogP contribution >= 0.6 is 11.6 Å². The van der Waals surface area contributed by atoms with Crippen molar-refractivity contribution in [3.8, 4) is 11.3 Å². The number of nitrogens with one attached hydrogen (secondary N) is 2. The molecule has 4 amide bonds. The van der Waals surface area contributed by atoms with Crippen molar-refractivity contribution < 1.29 is 19.6 Å². The normalized spacial score (nSPS) is 16.6. The zero-order valence-electron chi connectivity index (χ0n) is 34.5. The molecule has 0 radical (unpaired) electrons. The van der Waals surface area contributed by atoms with E-state index in [1.165, 1.54) is 18.6 Å². The standard InChI is InChI=1S/C21H21N7O.C14H13ClN6O.C7H10BNO2/c1-13-10-24-14(2)9-16(13)17-3-4-18-20(25-17)28(15-5-8-27(18)12-15)21(29)26-19-11-22-6-7-23-19;15-11-2-1-10-13(18-11)21(9-3-6-20(10)8-9)14(22)19-12-7-16-4-5-17-12;1-5-4-9-6(2)3-7(5)8(10)11/h3-4,6-7,9-11,15H,5,8,12H2,1-2H3,(H,23,26,29);1-2,4-5,7,9H,3,6,8H2,(H,17,19,22);3-4,10-11H,1-2H3/t15-;9-;/m00./s1. The number of hydrogen-bond acceptors (Lipinski definition) is 14. The molecule has 4 bridgehead atoms. The summed E-state index contributed by atoms with van der Waals surface area (Å²) in [7, 11) is -1.39. The second kappa shape index (κ2) is 18.0. The fourth-order valence-corrected chi connectivity index (χ4v) is 8.11. The van der Waals surface area contributed by atoms with E-state index in [-0.39, 0.29) is 24.1 Å². The van der Waals surface area contributed by atoms with E-state index in [1.54, 1.807) is 53.6 Å². The largest absolute Gasteiger partial charge is 0.488 e. The maximum absolute atomic E-state index is 13.2. The van der Waals surface area contributed by atoms with Crippen LogP contribution in [0.4, 0.5) is 44.2 Å². The molecule has 6 aromatic rings. The van der Waals surface area contributed by atoms with Crippen LogP contribution in [-0.4, -0.2) is 107 Å². The molecule has 316 valence electrons. The van der Waals surface area contributed by atoms with Crippen LogP contribution in [0.5, 0.6) is 0 Å². The van der Waals surface area contributed by atoms with Crippen molar-refractivity contribution in [1.82, 2.24) is 39.9 Å². The lowest BCUT2D eigenvalue weighted by Crippen LogP contribution is -2.48. The van der Waals surface area contributed by atoms with Gasteiger partial charge in [0.25, 0.3) is 0 Å². The number of carbonyl (C=O) groups is 2. The summed E-state index contributed by atoms with van der Waals surface area (Å²) in [5, 5.41) is 23.7. The third kappa shape index (κ3) is 8.95. The summed E-state index contributed by atoms with van der Waals surface area (Å²) < 4.78 is 0. The fourth-order valence-electron chi connectivity index (χ4n) is 7.97. The van der Waals surface area contributed by atoms with Crippen molar-refractivity contribution in [2.24, 2.45) is 0 Å². The molecule has 0 aromatic carbocycles. The lowest BCUT2D eigenvalue weighted by Gasteiger charge is -2.35. The van der Waals surface area contributed by atoms with Crippen LogP contribution in [0.2, 0.25) is 5.15 Å². The van der Waals surface area contributed by atoms with Gasteiger partial charge in [-0.15, -0.1) is 0 Å². The predicted octanol–water partition coefficient (Wildman–Crippen LogP) is 4.72. The Morgan fingerprint density at radius 3 is 1.74 bits per heavy atom. The molecule has 18 nitrogen and oxygen atoms in total. The van der Waals surface area contributed by atoms with Crippen molar-refractivity contribution in [2.45, 2.75) is 52.6 Å². The van der Waals surface area contributed by atoms with Gasteiger partial charge < -0.3 is 19.8 Å². The van der Waals surface area contributed by atoms with Crippen LogP contribution in [0.15, 0.2) is 86.0 Å². The average molecular weight is 855 g/mol. The Morgan fingerprint density at radius 2 is 1.21 bits per heavy atom. The first kappa shape index (κ1) is 41.9. The first-order valence-electron chi connectivity index (χ1n) is 20.1. The average Bonchev–Trinajstić information content (AvgIpc) is 3.89. The number of aryl methyl sites for hydroxylation is 4. The van der Waals surface area contributed by atoms with Gasteiger partial charge in [-0.05, 0) is 93.5 Å². The minimum Gasteiger partial charge on any atom is -0.423 e. The van der Waals surface area contributed by atoms with Gasteiger partial charge in [0, 0.05) is 80.3 Å². The summed E-state index contributed by atoms with van der Waals surface area (Å²) >= 11 is 6.01. The molecule has 10 rings (SSSR count). The summed E-state index contributed by atoms with van der Waals surface area (Å²) in [4.78, 5) is 67.7. The Kier molecular flexibility index (Phi) is 12.2. The predicted molar refractivity (Wildman–Crippen MR) is 238 cm³/mol. The molecule has 4 aliphatic rings. The van der Waals surface area contributed by atoms with E-state index in [2.05, 4.69) is 61.4 Å². The Balaban J connectivity index is 0.000000141. The lowest BCUT2D eigenvalue weighted by molar-refractivity contribution is 0.254. The minimum atomic E-state index is -1.39. The first-order chi connectivity index (χ1) is 29.9. The molecular weight excluding hydrogens is 811 g/mol. The topological polar surface area (TPSA) is 215 Å². The van der Waals surface area contributed by atoms with Crippen LogP contribution in [-0.2, 0) is 0 Å². The van der Waals surface area contributed by atoms with Crippen LogP contribution in [0.25, 0.3) is 11.3 Å². The van der Waals surface area contributed by atoms with Gasteiger partial charge in [0.1, 0.15) is 5.15 Å². The number of aromatic nitrogens is 8. The molecule has 2 saturated heterocycles. The number of pyridine rings is 4. The molecule has 2 atom stereocenters. The van der Waals surface area contributed by atoms with Gasteiger partial charge in [-0.3, -0.25) is 40.4 Å². The highest BCUT2D eigenvalue weighted by atomic mass is 35.5. The smallest absolute Gasteiger partial charge is 0.423 e. The van der Waals surface area contributed by atoms with Gasteiger partial charge in [0.15, 0.2) is 23.3 Å². The van der Waals surface area contributed by atoms with Crippen LogP contribution in [0.1, 0.15) is 35.4 Å². The monoisotopic (exact) mass is 854 g/mol. The van der Waals surface area contributed by atoms with Crippen molar-refractivity contribution in [2.75, 3.05) is 56.4 Å². The zero-order valence-corrected chi connectivity index (χ0v) is 35.3. The second-order valence-corrected chi connectivity index (χ2v) is 15.7. The SMILES string of the molecule is Cc1cc(-c2ccc3c(n2)N(C(=O)Nc2cnccn2)[C@H]2CCN3C2)c(C)cn1.Cc1cc(B(O)O)c(C)cn1.O=C(Nc1cnccn1)N1c2nc(Cl)ccc2N2CC[C@H]1C2. The Bertz CT molecular complexity index is 2600. The molecule has 4 N–H and O–H groups in total. The highest BCUT2D eigenvalue weighted by molar-refractivity contribution is 6.59. The van der Waals surface area contributed by atoms with E-state index >= 15 is 0 Å². The van der Waals surface area contributed by atoms with Gasteiger partial charge in [0.05, 0.1) is 41.5 Å². The van der Waals surface area contributed by atoms with E-state index in [9.17, 15) is 9.59 Å². The van der Waals surface area contributed by atoms with Crippen LogP contribution < -0.4 is 35.7 Å². The molecule has 2 fully saturated rings. The van der Waals surface area contributed by atoms with Crippen molar-refractivity contribution >= 4 is 70.9 Å². The first-order valence-corrected chi connectivity index (χ1v) is 20.4. The Morgan fingerprint density at radius 1 is 0.677 bits per heavy atom. The molecule has 0 unspecified atom stereocenters. The highest BCUT2D eigenvalue weighted by Crippen LogP contribution is 2.41. The third-order valence-corrected chi connectivity index (χ3v) is 11.2. The molecule has 20 heteroatoms. The molecular formula is C42H44BClN14O4.